The van der Waals surface area contributed by atoms with E-state index in [1.54, 1.807) is 13.8 Å². The first-order valence-corrected chi connectivity index (χ1v) is 3.32. The lowest BCUT2D eigenvalue weighted by Gasteiger charge is -2.07. The molecule has 0 bridgehead atoms. The first-order chi connectivity index (χ1) is 4.52. The van der Waals surface area contributed by atoms with Crippen LogP contribution in [0.5, 0.6) is 0 Å². The standard InChI is InChI=1S/C6H13NO3/c1-5(3-6(2)8)4-7(9)10/h5-6,8H,3-4H2,1-2H3. The second kappa shape index (κ2) is 4.22. The summed E-state index contributed by atoms with van der Waals surface area (Å²) in [5, 5.41) is 18.7. The van der Waals surface area contributed by atoms with E-state index in [1.807, 2.05) is 0 Å². The van der Waals surface area contributed by atoms with Crippen LogP contribution < -0.4 is 0 Å². The van der Waals surface area contributed by atoms with Gasteiger partial charge in [0.1, 0.15) is 0 Å². The third-order valence-electron chi connectivity index (χ3n) is 1.20. The molecule has 2 atom stereocenters. The highest BCUT2D eigenvalue weighted by atomic mass is 16.6. The highest BCUT2D eigenvalue weighted by Crippen LogP contribution is 2.04. The fraction of sp³-hybridized carbons (Fsp3) is 1.00. The fourth-order valence-corrected chi connectivity index (χ4v) is 0.911. The van der Waals surface area contributed by atoms with Gasteiger partial charge in [0.05, 0.1) is 6.10 Å². The minimum absolute atomic E-state index is 0.0324. The third kappa shape index (κ3) is 5.50. The summed E-state index contributed by atoms with van der Waals surface area (Å²) in [5.41, 5.74) is 0. The summed E-state index contributed by atoms with van der Waals surface area (Å²) in [6, 6.07) is 0. The molecular formula is C6H13NO3. The molecule has 0 fully saturated rings. The fourth-order valence-electron chi connectivity index (χ4n) is 0.911. The van der Waals surface area contributed by atoms with E-state index in [1.165, 1.54) is 0 Å². The third-order valence-corrected chi connectivity index (χ3v) is 1.20. The van der Waals surface area contributed by atoms with Gasteiger partial charge in [-0.1, -0.05) is 6.92 Å². The number of aliphatic hydroxyl groups excluding tert-OH is 1. The van der Waals surface area contributed by atoms with Gasteiger partial charge in [-0.15, -0.1) is 0 Å². The summed E-state index contributed by atoms with van der Waals surface area (Å²) in [4.78, 5) is 9.56. The van der Waals surface area contributed by atoms with E-state index in [2.05, 4.69) is 0 Å². The molecule has 0 rings (SSSR count). The quantitative estimate of drug-likeness (QED) is 0.469. The van der Waals surface area contributed by atoms with Gasteiger partial charge >= 0.3 is 0 Å². The minimum atomic E-state index is -0.435. The van der Waals surface area contributed by atoms with Crippen molar-refractivity contribution in [3.63, 3.8) is 0 Å². The Morgan fingerprint density at radius 1 is 1.60 bits per heavy atom. The molecule has 0 amide bonds. The normalized spacial score (nSPS) is 16.3. The lowest BCUT2D eigenvalue weighted by atomic mass is 10.1. The van der Waals surface area contributed by atoms with Crippen molar-refractivity contribution in [2.45, 2.75) is 26.4 Å². The smallest absolute Gasteiger partial charge is 0.206 e. The van der Waals surface area contributed by atoms with Crippen molar-refractivity contribution >= 4 is 0 Å². The molecule has 0 saturated carbocycles. The van der Waals surface area contributed by atoms with Gasteiger partial charge in [0, 0.05) is 10.8 Å². The molecule has 0 aromatic rings. The van der Waals surface area contributed by atoms with Crippen molar-refractivity contribution in [2.24, 2.45) is 5.92 Å². The van der Waals surface area contributed by atoms with Gasteiger partial charge in [-0.25, -0.2) is 0 Å². The molecule has 0 saturated heterocycles. The molecule has 0 radical (unpaired) electrons. The van der Waals surface area contributed by atoms with E-state index >= 15 is 0 Å². The molecule has 0 spiro atoms. The van der Waals surface area contributed by atoms with E-state index in [-0.39, 0.29) is 17.4 Å². The summed E-state index contributed by atoms with van der Waals surface area (Å²) in [6.45, 7) is 3.34. The molecule has 60 valence electrons. The number of hydrogen-bond donors (Lipinski definition) is 1. The largest absolute Gasteiger partial charge is 0.393 e. The molecule has 4 nitrogen and oxygen atoms in total. The predicted molar refractivity (Wildman–Crippen MR) is 37.3 cm³/mol. The number of hydrogen-bond acceptors (Lipinski definition) is 3. The van der Waals surface area contributed by atoms with Crippen LogP contribution >= 0.6 is 0 Å². The number of nitrogens with zero attached hydrogens (tertiary/aromatic N) is 1. The molecule has 10 heavy (non-hydrogen) atoms. The summed E-state index contributed by atoms with van der Waals surface area (Å²) in [7, 11) is 0. The second-order valence-electron chi connectivity index (χ2n) is 2.71. The molecule has 2 unspecified atom stereocenters. The van der Waals surface area contributed by atoms with Crippen LogP contribution in [-0.2, 0) is 0 Å². The van der Waals surface area contributed by atoms with Crippen molar-refractivity contribution in [3.05, 3.63) is 10.1 Å². The lowest BCUT2D eigenvalue weighted by Crippen LogP contribution is -2.15. The van der Waals surface area contributed by atoms with Crippen molar-refractivity contribution in [2.75, 3.05) is 6.54 Å². The molecule has 0 aliphatic rings. The summed E-state index contributed by atoms with van der Waals surface area (Å²) in [6.07, 6.45) is 0.0657. The average Bonchev–Trinajstić information content (AvgIpc) is 1.58. The number of aliphatic hydroxyl groups is 1. The zero-order valence-electron chi connectivity index (χ0n) is 6.28. The highest BCUT2D eigenvalue weighted by Gasteiger charge is 2.11. The topological polar surface area (TPSA) is 63.4 Å². The zero-order valence-corrected chi connectivity index (χ0v) is 6.28. The molecule has 0 aliphatic heterocycles. The van der Waals surface area contributed by atoms with E-state index in [0.29, 0.717) is 6.42 Å². The Kier molecular flexibility index (Phi) is 3.95. The first kappa shape index (κ1) is 9.36. The Hall–Kier alpha value is -0.640. The van der Waals surface area contributed by atoms with Gasteiger partial charge in [-0.2, -0.15) is 0 Å². The molecule has 0 aromatic heterocycles. The van der Waals surface area contributed by atoms with Crippen LogP contribution in [0.3, 0.4) is 0 Å². The Bertz CT molecular complexity index is 114. The van der Waals surface area contributed by atoms with Crippen LogP contribution in [0.25, 0.3) is 0 Å². The highest BCUT2D eigenvalue weighted by molar-refractivity contribution is 4.54. The Morgan fingerprint density at radius 2 is 2.10 bits per heavy atom. The first-order valence-electron chi connectivity index (χ1n) is 3.32. The van der Waals surface area contributed by atoms with E-state index in [4.69, 9.17) is 5.11 Å². The monoisotopic (exact) mass is 147 g/mol. The van der Waals surface area contributed by atoms with Gasteiger partial charge in [0.2, 0.25) is 6.54 Å². The molecular weight excluding hydrogens is 134 g/mol. The van der Waals surface area contributed by atoms with Gasteiger partial charge < -0.3 is 5.11 Å². The summed E-state index contributed by atoms with van der Waals surface area (Å²) >= 11 is 0. The van der Waals surface area contributed by atoms with Crippen LogP contribution in [0.2, 0.25) is 0 Å². The SMILES string of the molecule is CC(O)CC(C)C[N+](=O)[O-]. The van der Waals surface area contributed by atoms with Crippen molar-refractivity contribution in [1.29, 1.82) is 0 Å². The van der Waals surface area contributed by atoms with E-state index in [0.717, 1.165) is 0 Å². The van der Waals surface area contributed by atoms with Crippen LogP contribution in [0.4, 0.5) is 0 Å². The maximum atomic E-state index is 9.92. The van der Waals surface area contributed by atoms with Crippen LogP contribution in [0.1, 0.15) is 20.3 Å². The molecule has 0 heterocycles. The molecule has 4 heteroatoms. The maximum Gasteiger partial charge on any atom is 0.206 e. The van der Waals surface area contributed by atoms with E-state index in [9.17, 15) is 10.1 Å². The second-order valence-corrected chi connectivity index (χ2v) is 2.71. The van der Waals surface area contributed by atoms with Crippen molar-refractivity contribution in [1.82, 2.24) is 0 Å². The van der Waals surface area contributed by atoms with Gasteiger partial charge in [0.15, 0.2) is 0 Å². The maximum absolute atomic E-state index is 9.92. The molecule has 1 N–H and O–H groups in total. The summed E-state index contributed by atoms with van der Waals surface area (Å²) < 4.78 is 0. The van der Waals surface area contributed by atoms with Gasteiger partial charge in [-0.3, -0.25) is 10.1 Å². The lowest BCUT2D eigenvalue weighted by molar-refractivity contribution is -0.487. The minimum Gasteiger partial charge on any atom is -0.393 e. The Balaban J connectivity index is 3.43. The number of rotatable bonds is 4. The van der Waals surface area contributed by atoms with Crippen LogP contribution in [-0.4, -0.2) is 22.7 Å². The van der Waals surface area contributed by atoms with Gasteiger partial charge in [0.25, 0.3) is 0 Å². The van der Waals surface area contributed by atoms with Crippen molar-refractivity contribution in [3.8, 4) is 0 Å². The van der Waals surface area contributed by atoms with Crippen LogP contribution in [0.15, 0.2) is 0 Å². The average molecular weight is 147 g/mol. The Morgan fingerprint density at radius 3 is 2.40 bits per heavy atom. The molecule has 0 aliphatic carbocycles. The van der Waals surface area contributed by atoms with Crippen molar-refractivity contribution < 1.29 is 10.0 Å². The summed E-state index contributed by atoms with van der Waals surface area (Å²) in [5.74, 6) is -0.0324. The number of nitro groups is 1. The Labute approximate surface area is 60.0 Å². The predicted octanol–water partition coefficient (Wildman–Crippen LogP) is 0.670. The molecule has 0 aromatic carbocycles. The van der Waals surface area contributed by atoms with E-state index < -0.39 is 6.10 Å². The zero-order chi connectivity index (χ0) is 8.15. The van der Waals surface area contributed by atoms with Gasteiger partial charge in [-0.05, 0) is 13.3 Å². The van der Waals surface area contributed by atoms with Crippen LogP contribution in [0, 0.1) is 16.0 Å².